The lowest BCUT2D eigenvalue weighted by atomic mass is 10.1. The first-order chi connectivity index (χ1) is 10.2. The molecule has 1 aliphatic heterocycles. The molecule has 21 heavy (non-hydrogen) atoms. The number of halogens is 1. The van der Waals surface area contributed by atoms with Gasteiger partial charge in [-0.2, -0.15) is 0 Å². The van der Waals surface area contributed by atoms with Crippen molar-refractivity contribution in [2.45, 2.75) is 13.5 Å². The van der Waals surface area contributed by atoms with Crippen LogP contribution >= 0.6 is 0 Å². The molecule has 4 nitrogen and oxygen atoms in total. The minimum absolute atomic E-state index is 0.119. The van der Waals surface area contributed by atoms with Crippen molar-refractivity contribution < 1.29 is 19.0 Å². The molecule has 3 rings (SSSR count). The van der Waals surface area contributed by atoms with Crippen molar-refractivity contribution in [2.24, 2.45) is 0 Å². The van der Waals surface area contributed by atoms with Crippen LogP contribution in [0.1, 0.15) is 12.5 Å². The zero-order valence-corrected chi connectivity index (χ0v) is 11.7. The largest absolute Gasteiger partial charge is 0.507 e. The van der Waals surface area contributed by atoms with E-state index in [2.05, 4.69) is 0 Å². The van der Waals surface area contributed by atoms with Crippen LogP contribution in [0.5, 0.6) is 17.2 Å². The molecule has 5 heteroatoms. The number of ether oxygens (including phenoxy) is 2. The Bertz CT molecular complexity index is 660. The lowest BCUT2D eigenvalue weighted by molar-refractivity contribution is 0.174. The van der Waals surface area contributed by atoms with Crippen LogP contribution in [-0.4, -0.2) is 18.4 Å². The van der Waals surface area contributed by atoms with Gasteiger partial charge in [-0.05, 0) is 25.1 Å². The normalized spacial score (nSPS) is 12.5. The number of hydrogen-bond donors (Lipinski definition) is 1. The Morgan fingerprint density at radius 1 is 1.19 bits per heavy atom. The summed E-state index contributed by atoms with van der Waals surface area (Å²) in [5, 5.41) is 10.1. The smallest absolute Gasteiger partial charge is 0.231 e. The van der Waals surface area contributed by atoms with Gasteiger partial charge in [-0.1, -0.05) is 12.1 Å². The first kappa shape index (κ1) is 13.5. The molecule has 0 fully saturated rings. The van der Waals surface area contributed by atoms with E-state index in [1.165, 1.54) is 12.1 Å². The number of hydrogen-bond acceptors (Lipinski definition) is 4. The maximum Gasteiger partial charge on any atom is 0.231 e. The van der Waals surface area contributed by atoms with Gasteiger partial charge in [-0.15, -0.1) is 0 Å². The molecule has 0 bridgehead atoms. The van der Waals surface area contributed by atoms with E-state index in [0.29, 0.717) is 35.8 Å². The average molecular weight is 289 g/mol. The minimum atomic E-state index is -0.278. The summed E-state index contributed by atoms with van der Waals surface area (Å²) >= 11 is 0. The fourth-order valence-electron chi connectivity index (χ4n) is 2.38. The molecular formula is C16H16FNO3. The highest BCUT2D eigenvalue weighted by atomic mass is 19.1. The molecule has 1 heterocycles. The molecule has 0 aliphatic carbocycles. The number of fused-ring (bicyclic) bond motifs is 1. The molecule has 0 saturated carbocycles. The monoisotopic (exact) mass is 289 g/mol. The maximum absolute atomic E-state index is 13.9. The summed E-state index contributed by atoms with van der Waals surface area (Å²) in [7, 11) is 0. The Morgan fingerprint density at radius 2 is 1.90 bits per heavy atom. The molecule has 0 spiro atoms. The topological polar surface area (TPSA) is 41.9 Å². The van der Waals surface area contributed by atoms with Crippen LogP contribution in [0, 0.1) is 5.82 Å². The van der Waals surface area contributed by atoms with Crippen LogP contribution in [0.2, 0.25) is 0 Å². The van der Waals surface area contributed by atoms with Crippen LogP contribution in [0.3, 0.4) is 0 Å². The molecule has 2 aromatic rings. The highest BCUT2D eigenvalue weighted by molar-refractivity contribution is 5.54. The summed E-state index contributed by atoms with van der Waals surface area (Å²) < 4.78 is 24.4. The van der Waals surface area contributed by atoms with Gasteiger partial charge in [0.25, 0.3) is 0 Å². The molecule has 0 atom stereocenters. The van der Waals surface area contributed by atoms with Gasteiger partial charge in [0.2, 0.25) is 6.79 Å². The summed E-state index contributed by atoms with van der Waals surface area (Å²) in [6, 6.07) is 9.87. The number of nitrogens with zero attached hydrogens (tertiary/aromatic N) is 1. The standard InChI is InChI=1S/C16H16FNO3/c1-2-18(13-6-4-3-5-12(13)17)9-11-7-15-16(8-14(11)19)21-10-20-15/h3-8,19H,2,9-10H2,1H3. The molecule has 1 N–H and O–H groups in total. The number of benzene rings is 2. The zero-order valence-electron chi connectivity index (χ0n) is 11.7. The molecule has 0 aromatic heterocycles. The van der Waals surface area contributed by atoms with Crippen LogP contribution in [0.25, 0.3) is 0 Å². The highest BCUT2D eigenvalue weighted by Gasteiger charge is 2.19. The Labute approximate surface area is 122 Å². The minimum Gasteiger partial charge on any atom is -0.507 e. The van der Waals surface area contributed by atoms with Crippen molar-refractivity contribution in [3.63, 3.8) is 0 Å². The second-order valence-electron chi connectivity index (χ2n) is 4.80. The Hall–Kier alpha value is -2.43. The first-order valence-electron chi connectivity index (χ1n) is 6.80. The Kier molecular flexibility index (Phi) is 3.56. The Morgan fingerprint density at radius 3 is 2.62 bits per heavy atom. The van der Waals surface area contributed by atoms with Gasteiger partial charge in [-0.3, -0.25) is 0 Å². The molecule has 2 aromatic carbocycles. The summed E-state index contributed by atoms with van der Waals surface area (Å²) in [4.78, 5) is 1.85. The lowest BCUT2D eigenvalue weighted by Gasteiger charge is -2.24. The number of para-hydroxylation sites is 1. The van der Waals surface area contributed by atoms with Crippen LogP contribution < -0.4 is 14.4 Å². The van der Waals surface area contributed by atoms with Crippen molar-refractivity contribution in [1.82, 2.24) is 0 Å². The third kappa shape index (κ3) is 2.59. The van der Waals surface area contributed by atoms with Gasteiger partial charge in [0.05, 0.1) is 5.69 Å². The fraction of sp³-hybridized carbons (Fsp3) is 0.250. The number of phenols is 1. The number of phenolic OH excluding ortho intramolecular Hbond substituents is 1. The molecule has 0 amide bonds. The second kappa shape index (κ2) is 5.52. The van der Waals surface area contributed by atoms with Crippen LogP contribution in [0.4, 0.5) is 10.1 Å². The maximum atomic E-state index is 13.9. The van der Waals surface area contributed by atoms with E-state index in [4.69, 9.17) is 9.47 Å². The summed E-state index contributed by atoms with van der Waals surface area (Å²) in [6.45, 7) is 3.11. The van der Waals surface area contributed by atoms with Crippen LogP contribution in [-0.2, 0) is 6.54 Å². The number of aromatic hydroxyl groups is 1. The molecule has 0 unspecified atom stereocenters. The van der Waals surface area contributed by atoms with E-state index in [0.717, 1.165) is 0 Å². The van der Waals surface area contributed by atoms with Gasteiger partial charge in [0.1, 0.15) is 11.6 Å². The number of rotatable bonds is 4. The summed E-state index contributed by atoms with van der Waals surface area (Å²) in [5.74, 6) is 0.978. The molecular weight excluding hydrogens is 273 g/mol. The van der Waals surface area contributed by atoms with Crippen LogP contribution in [0.15, 0.2) is 36.4 Å². The highest BCUT2D eigenvalue weighted by Crippen LogP contribution is 2.38. The zero-order chi connectivity index (χ0) is 14.8. The summed E-state index contributed by atoms with van der Waals surface area (Å²) in [5.41, 5.74) is 1.18. The number of anilines is 1. The fourth-order valence-corrected chi connectivity index (χ4v) is 2.38. The van der Waals surface area contributed by atoms with Crippen molar-refractivity contribution in [2.75, 3.05) is 18.2 Å². The van der Waals surface area contributed by atoms with Gasteiger partial charge < -0.3 is 19.5 Å². The molecule has 110 valence electrons. The third-order valence-corrected chi connectivity index (χ3v) is 3.51. The predicted octanol–water partition coefficient (Wildman–Crippen LogP) is 3.29. The molecule has 1 aliphatic rings. The van der Waals surface area contributed by atoms with Gasteiger partial charge in [-0.25, -0.2) is 4.39 Å². The van der Waals surface area contributed by atoms with E-state index >= 15 is 0 Å². The van der Waals surface area contributed by atoms with Crippen molar-refractivity contribution in [1.29, 1.82) is 0 Å². The van der Waals surface area contributed by atoms with E-state index in [1.807, 2.05) is 11.8 Å². The SMILES string of the molecule is CCN(Cc1cc2c(cc1O)OCO2)c1ccccc1F. The third-order valence-electron chi connectivity index (χ3n) is 3.51. The van der Waals surface area contributed by atoms with Crippen molar-refractivity contribution in [3.05, 3.63) is 47.8 Å². The molecule has 0 radical (unpaired) electrons. The Balaban J connectivity index is 1.90. The predicted molar refractivity (Wildman–Crippen MR) is 77.4 cm³/mol. The van der Waals surface area contributed by atoms with E-state index < -0.39 is 0 Å². The lowest BCUT2D eigenvalue weighted by Crippen LogP contribution is -2.23. The van der Waals surface area contributed by atoms with Crippen molar-refractivity contribution in [3.8, 4) is 17.2 Å². The van der Waals surface area contributed by atoms with Gasteiger partial charge >= 0.3 is 0 Å². The first-order valence-corrected chi connectivity index (χ1v) is 6.80. The van der Waals surface area contributed by atoms with Crippen molar-refractivity contribution >= 4 is 5.69 Å². The summed E-state index contributed by atoms with van der Waals surface area (Å²) in [6.07, 6.45) is 0. The van der Waals surface area contributed by atoms with E-state index in [9.17, 15) is 9.50 Å². The van der Waals surface area contributed by atoms with E-state index in [1.54, 1.807) is 24.3 Å². The quantitative estimate of drug-likeness (QED) is 0.938. The van der Waals surface area contributed by atoms with E-state index in [-0.39, 0.29) is 18.4 Å². The molecule has 0 saturated heterocycles. The second-order valence-corrected chi connectivity index (χ2v) is 4.80. The van der Waals surface area contributed by atoms with Gasteiger partial charge in [0.15, 0.2) is 11.5 Å². The average Bonchev–Trinajstić information content (AvgIpc) is 2.92. The van der Waals surface area contributed by atoms with Gasteiger partial charge in [0, 0.05) is 24.7 Å².